The largest absolute Gasteiger partial charge is 0.495 e. The van der Waals surface area contributed by atoms with Gasteiger partial charge >= 0.3 is 0 Å². The van der Waals surface area contributed by atoms with Gasteiger partial charge in [-0.05, 0) is 56.5 Å². The van der Waals surface area contributed by atoms with Crippen molar-refractivity contribution in [3.05, 3.63) is 58.6 Å². The lowest BCUT2D eigenvalue weighted by Crippen LogP contribution is -2.52. The number of rotatable bonds is 11. The minimum atomic E-state index is -3.90. The van der Waals surface area contributed by atoms with Crippen LogP contribution >= 0.6 is 11.6 Å². The third kappa shape index (κ3) is 7.60. The lowest BCUT2D eigenvalue weighted by Gasteiger charge is -2.32. The maximum Gasteiger partial charge on any atom is 0.244 e. The van der Waals surface area contributed by atoms with Crippen molar-refractivity contribution in [3.8, 4) is 5.75 Å². The number of amides is 2. The van der Waals surface area contributed by atoms with Crippen molar-refractivity contribution in [3.63, 3.8) is 0 Å². The van der Waals surface area contributed by atoms with Gasteiger partial charge in [-0.1, -0.05) is 42.8 Å². The van der Waals surface area contributed by atoms with Crippen LogP contribution in [0.2, 0.25) is 5.02 Å². The number of hydrogen-bond donors (Lipinski definition) is 1. The van der Waals surface area contributed by atoms with E-state index in [2.05, 4.69) is 5.32 Å². The Morgan fingerprint density at radius 3 is 2.37 bits per heavy atom. The molecule has 10 heteroatoms. The lowest BCUT2D eigenvalue weighted by molar-refractivity contribution is -0.139. The van der Waals surface area contributed by atoms with Gasteiger partial charge in [-0.15, -0.1) is 0 Å². The number of ether oxygens (including phenoxy) is 1. The fourth-order valence-corrected chi connectivity index (χ4v) is 4.48. The standard InChI is InChI=1S/C25H34ClN3O5S/c1-7-18(3)27-25(31)19(4)28(15-20-11-9-8-10-17(20)2)24(30)16-29(35(6,32)33)22-14-21(26)12-13-23(22)34-5/h8-14,18-19H,7,15-16H2,1-6H3,(H,27,31)/t18-,19+/m0/s1. The van der Waals surface area contributed by atoms with Crippen molar-refractivity contribution in [1.29, 1.82) is 0 Å². The molecule has 35 heavy (non-hydrogen) atoms. The van der Waals surface area contributed by atoms with Gasteiger partial charge in [0.1, 0.15) is 18.3 Å². The fourth-order valence-electron chi connectivity index (χ4n) is 3.47. The first-order valence-corrected chi connectivity index (χ1v) is 13.6. The molecule has 2 aromatic carbocycles. The molecule has 0 aromatic heterocycles. The second-order valence-corrected chi connectivity index (χ2v) is 10.9. The Hall–Kier alpha value is -2.78. The number of aryl methyl sites for hydroxylation is 1. The molecule has 0 saturated heterocycles. The third-order valence-electron chi connectivity index (χ3n) is 5.86. The van der Waals surface area contributed by atoms with Gasteiger partial charge in [0.15, 0.2) is 0 Å². The molecule has 0 aliphatic rings. The monoisotopic (exact) mass is 523 g/mol. The van der Waals surface area contributed by atoms with E-state index in [4.69, 9.17) is 16.3 Å². The van der Waals surface area contributed by atoms with Crippen molar-refractivity contribution in [2.75, 3.05) is 24.2 Å². The highest BCUT2D eigenvalue weighted by Crippen LogP contribution is 2.33. The van der Waals surface area contributed by atoms with Crippen molar-refractivity contribution >= 4 is 39.1 Å². The van der Waals surface area contributed by atoms with E-state index in [1.807, 2.05) is 45.0 Å². The van der Waals surface area contributed by atoms with Crippen molar-refractivity contribution in [1.82, 2.24) is 10.2 Å². The Morgan fingerprint density at radius 2 is 1.80 bits per heavy atom. The summed E-state index contributed by atoms with van der Waals surface area (Å²) in [6.45, 7) is 7.01. The summed E-state index contributed by atoms with van der Waals surface area (Å²) in [6.07, 6.45) is 1.74. The summed E-state index contributed by atoms with van der Waals surface area (Å²) in [5.41, 5.74) is 1.95. The molecule has 0 radical (unpaired) electrons. The molecule has 0 aliphatic heterocycles. The fraction of sp³-hybridized carbons (Fsp3) is 0.440. The molecule has 0 heterocycles. The van der Waals surface area contributed by atoms with Gasteiger partial charge in [-0.25, -0.2) is 8.42 Å². The molecule has 2 rings (SSSR count). The van der Waals surface area contributed by atoms with E-state index >= 15 is 0 Å². The van der Waals surface area contributed by atoms with Crippen LogP contribution < -0.4 is 14.4 Å². The summed E-state index contributed by atoms with van der Waals surface area (Å²) < 4.78 is 31.8. The Kier molecular flexibility index (Phi) is 9.97. The van der Waals surface area contributed by atoms with Crippen LogP contribution in [0.15, 0.2) is 42.5 Å². The number of benzene rings is 2. The highest BCUT2D eigenvalue weighted by Gasteiger charge is 2.31. The minimum Gasteiger partial charge on any atom is -0.495 e. The summed E-state index contributed by atoms with van der Waals surface area (Å²) in [5, 5.41) is 3.20. The van der Waals surface area contributed by atoms with Crippen LogP contribution in [0, 0.1) is 6.92 Å². The molecule has 0 saturated carbocycles. The van der Waals surface area contributed by atoms with Crippen LogP contribution in [0.3, 0.4) is 0 Å². The number of hydrogen-bond acceptors (Lipinski definition) is 5. The van der Waals surface area contributed by atoms with E-state index in [0.717, 1.165) is 28.1 Å². The zero-order valence-corrected chi connectivity index (χ0v) is 22.6. The van der Waals surface area contributed by atoms with Crippen molar-refractivity contribution in [2.45, 2.75) is 52.7 Å². The van der Waals surface area contributed by atoms with Crippen molar-refractivity contribution < 1.29 is 22.7 Å². The average molecular weight is 524 g/mol. The summed E-state index contributed by atoms with van der Waals surface area (Å²) in [5.74, 6) is -0.597. The van der Waals surface area contributed by atoms with Crippen LogP contribution in [-0.2, 0) is 26.2 Å². The van der Waals surface area contributed by atoms with Crippen LogP contribution in [0.5, 0.6) is 5.75 Å². The van der Waals surface area contributed by atoms with Crippen LogP contribution in [0.25, 0.3) is 0 Å². The van der Waals surface area contributed by atoms with E-state index < -0.39 is 28.5 Å². The quantitative estimate of drug-likeness (QED) is 0.484. The average Bonchev–Trinajstić information content (AvgIpc) is 2.80. The zero-order valence-electron chi connectivity index (χ0n) is 21.0. The number of nitrogens with one attached hydrogen (secondary N) is 1. The van der Waals surface area contributed by atoms with Crippen molar-refractivity contribution in [2.24, 2.45) is 0 Å². The second kappa shape index (κ2) is 12.3. The first-order chi connectivity index (χ1) is 16.4. The van der Waals surface area contributed by atoms with E-state index in [9.17, 15) is 18.0 Å². The number of sulfonamides is 1. The van der Waals surface area contributed by atoms with Gasteiger partial charge in [0.05, 0.1) is 19.1 Å². The van der Waals surface area contributed by atoms with Gasteiger partial charge in [-0.2, -0.15) is 0 Å². The number of methoxy groups -OCH3 is 1. The summed E-state index contributed by atoms with van der Waals surface area (Å²) in [7, 11) is -2.50. The molecule has 0 unspecified atom stereocenters. The molecule has 0 fully saturated rings. The Bertz CT molecular complexity index is 1160. The topological polar surface area (TPSA) is 96.0 Å². The SMILES string of the molecule is CC[C@H](C)NC(=O)[C@@H](C)N(Cc1ccccc1C)C(=O)CN(c1cc(Cl)ccc1OC)S(C)(=O)=O. The van der Waals surface area contributed by atoms with E-state index in [0.29, 0.717) is 5.02 Å². The molecule has 2 aromatic rings. The predicted octanol–water partition coefficient (Wildman–Crippen LogP) is 3.76. The number of halogens is 1. The maximum atomic E-state index is 13.6. The molecule has 0 spiro atoms. The highest BCUT2D eigenvalue weighted by molar-refractivity contribution is 7.92. The Balaban J connectivity index is 2.47. The highest BCUT2D eigenvalue weighted by atomic mass is 35.5. The minimum absolute atomic E-state index is 0.0661. The normalized spacial score (nSPS) is 13.0. The van der Waals surface area contributed by atoms with E-state index in [-0.39, 0.29) is 29.9 Å². The van der Waals surface area contributed by atoms with Crippen LogP contribution in [0.4, 0.5) is 5.69 Å². The van der Waals surface area contributed by atoms with E-state index in [1.54, 1.807) is 13.0 Å². The number of anilines is 1. The summed E-state index contributed by atoms with van der Waals surface area (Å²) in [4.78, 5) is 28.0. The summed E-state index contributed by atoms with van der Waals surface area (Å²) >= 11 is 6.12. The number of carbonyl (C=O) groups excluding carboxylic acids is 2. The zero-order chi connectivity index (χ0) is 26.3. The first kappa shape index (κ1) is 28.5. The van der Waals surface area contributed by atoms with Gasteiger partial charge in [-0.3, -0.25) is 13.9 Å². The van der Waals surface area contributed by atoms with Gasteiger partial charge < -0.3 is 15.0 Å². The number of carbonyl (C=O) groups is 2. The third-order valence-corrected chi connectivity index (χ3v) is 7.22. The second-order valence-electron chi connectivity index (χ2n) is 8.53. The molecular formula is C25H34ClN3O5S. The summed E-state index contributed by atoms with van der Waals surface area (Å²) in [6, 6.07) is 11.2. The number of nitrogens with zero attached hydrogens (tertiary/aromatic N) is 2. The van der Waals surface area contributed by atoms with E-state index in [1.165, 1.54) is 24.1 Å². The lowest BCUT2D eigenvalue weighted by atomic mass is 10.1. The molecule has 2 atom stereocenters. The maximum absolute atomic E-state index is 13.6. The molecule has 2 amide bonds. The van der Waals surface area contributed by atoms with Crippen LogP contribution in [0.1, 0.15) is 38.3 Å². The molecule has 1 N–H and O–H groups in total. The Morgan fingerprint density at radius 1 is 1.14 bits per heavy atom. The molecule has 8 nitrogen and oxygen atoms in total. The first-order valence-electron chi connectivity index (χ1n) is 11.3. The van der Waals surface area contributed by atoms with Gasteiger partial charge in [0.2, 0.25) is 21.8 Å². The molecular weight excluding hydrogens is 490 g/mol. The van der Waals surface area contributed by atoms with Gasteiger partial charge in [0, 0.05) is 17.6 Å². The molecule has 0 bridgehead atoms. The molecule has 192 valence electrons. The molecule has 0 aliphatic carbocycles. The van der Waals surface area contributed by atoms with Crippen LogP contribution in [-0.4, -0.2) is 57.1 Å². The Labute approximate surface area is 213 Å². The predicted molar refractivity (Wildman–Crippen MR) is 139 cm³/mol. The van der Waals surface area contributed by atoms with Gasteiger partial charge in [0.25, 0.3) is 0 Å². The smallest absolute Gasteiger partial charge is 0.244 e.